The average molecular weight is 381 g/mol. The van der Waals surface area contributed by atoms with Gasteiger partial charge < -0.3 is 4.90 Å². The summed E-state index contributed by atoms with van der Waals surface area (Å²) in [4.78, 5) is 16.5. The van der Waals surface area contributed by atoms with E-state index in [1.54, 1.807) is 17.0 Å². The van der Waals surface area contributed by atoms with Crippen molar-refractivity contribution < 1.29 is 18.0 Å². The van der Waals surface area contributed by atoms with Crippen LogP contribution >= 0.6 is 11.6 Å². The van der Waals surface area contributed by atoms with Crippen molar-refractivity contribution in [1.29, 1.82) is 0 Å². The molecule has 0 saturated carbocycles. The smallest absolute Gasteiger partial charge is 0.305 e. The van der Waals surface area contributed by atoms with Gasteiger partial charge >= 0.3 is 6.18 Å². The third kappa shape index (κ3) is 2.97. The van der Waals surface area contributed by atoms with E-state index < -0.39 is 11.7 Å². The van der Waals surface area contributed by atoms with Gasteiger partial charge in [-0.1, -0.05) is 41.9 Å². The Bertz CT molecular complexity index is 855. The lowest BCUT2D eigenvalue weighted by molar-refractivity contribution is -0.137. The lowest BCUT2D eigenvalue weighted by Gasteiger charge is -2.34. The van der Waals surface area contributed by atoms with Crippen LogP contribution in [0.1, 0.15) is 17.5 Å². The number of hydrogen-bond donors (Lipinski definition) is 0. The molecule has 2 heterocycles. The summed E-state index contributed by atoms with van der Waals surface area (Å²) in [5.74, 6) is -0.0404. The molecule has 1 amide bonds. The molecule has 0 aliphatic carbocycles. The molecule has 2 atom stereocenters. The minimum Gasteiger partial charge on any atom is -0.305 e. The predicted molar refractivity (Wildman–Crippen MR) is 93.0 cm³/mol. The van der Waals surface area contributed by atoms with Gasteiger partial charge in [-0.25, -0.2) is 0 Å². The molecule has 3 nitrogen and oxygen atoms in total. The zero-order chi connectivity index (χ0) is 18.5. The number of anilines is 1. The molecule has 2 bridgehead atoms. The molecular formula is C19H16ClF3N2O. The molecule has 0 aromatic heterocycles. The van der Waals surface area contributed by atoms with Crippen LogP contribution in [0.25, 0.3) is 0 Å². The first-order valence-corrected chi connectivity index (χ1v) is 8.70. The molecule has 2 fully saturated rings. The summed E-state index contributed by atoms with van der Waals surface area (Å²) in [5, 5.41) is 0.526. The summed E-state index contributed by atoms with van der Waals surface area (Å²) in [7, 11) is 0. The van der Waals surface area contributed by atoms with Crippen LogP contribution in [0.5, 0.6) is 0 Å². The SMILES string of the molecule is O=C1[C@@H]2C[C@@H](CN2Cc2cccc(C(F)(F)F)c2)N1c1ccccc1Cl. The number of nitrogens with zero attached hydrogens (tertiary/aromatic N) is 2. The minimum atomic E-state index is -4.36. The maximum Gasteiger partial charge on any atom is 0.416 e. The molecule has 26 heavy (non-hydrogen) atoms. The molecular weight excluding hydrogens is 365 g/mol. The highest BCUT2D eigenvalue weighted by Gasteiger charge is 2.50. The minimum absolute atomic E-state index is 0.00167. The Hall–Kier alpha value is -2.05. The van der Waals surface area contributed by atoms with Gasteiger partial charge in [0.15, 0.2) is 0 Å². The standard InChI is InChI=1S/C19H16ClF3N2O/c20-15-6-1-2-7-16(15)25-14-9-17(18(25)26)24(11-14)10-12-4-3-5-13(8-12)19(21,22)23/h1-8,14,17H,9-11H2/t14-,17-/m0/s1. The highest BCUT2D eigenvalue weighted by molar-refractivity contribution is 6.34. The number of likely N-dealkylation sites (tertiary alicyclic amines) is 1. The lowest BCUT2D eigenvalue weighted by atomic mass is 10.1. The second-order valence-corrected chi connectivity index (χ2v) is 7.10. The highest BCUT2D eigenvalue weighted by Crippen LogP contribution is 2.39. The number of fused-ring (bicyclic) bond motifs is 2. The fourth-order valence-corrected chi connectivity index (χ4v) is 4.11. The maximum absolute atomic E-state index is 12.9. The fourth-order valence-electron chi connectivity index (χ4n) is 3.88. The van der Waals surface area contributed by atoms with Gasteiger partial charge in [0.05, 0.1) is 28.4 Å². The van der Waals surface area contributed by atoms with E-state index in [9.17, 15) is 18.0 Å². The zero-order valence-electron chi connectivity index (χ0n) is 13.7. The average Bonchev–Trinajstić information content (AvgIpc) is 3.13. The van der Waals surface area contributed by atoms with Crippen LogP contribution in [0, 0.1) is 0 Å². The quantitative estimate of drug-likeness (QED) is 0.790. The van der Waals surface area contributed by atoms with Crippen LogP contribution in [0.2, 0.25) is 5.02 Å². The Morgan fingerprint density at radius 1 is 1.12 bits per heavy atom. The molecule has 0 spiro atoms. The molecule has 2 saturated heterocycles. The molecule has 2 aliphatic rings. The number of alkyl halides is 3. The van der Waals surface area contributed by atoms with Crippen molar-refractivity contribution in [3.05, 3.63) is 64.7 Å². The van der Waals surface area contributed by atoms with E-state index in [0.717, 1.165) is 12.1 Å². The van der Waals surface area contributed by atoms with E-state index in [4.69, 9.17) is 11.6 Å². The van der Waals surface area contributed by atoms with Crippen LogP contribution in [0.3, 0.4) is 0 Å². The Morgan fingerprint density at radius 3 is 2.58 bits per heavy atom. The van der Waals surface area contributed by atoms with Gasteiger partial charge in [-0.15, -0.1) is 0 Å². The molecule has 0 N–H and O–H groups in total. The van der Waals surface area contributed by atoms with Crippen molar-refractivity contribution in [2.24, 2.45) is 0 Å². The number of halogens is 4. The highest BCUT2D eigenvalue weighted by atomic mass is 35.5. The normalized spacial score (nSPS) is 23.1. The van der Waals surface area contributed by atoms with Crippen molar-refractivity contribution in [1.82, 2.24) is 4.90 Å². The summed E-state index contributed by atoms with van der Waals surface area (Å²) in [6.07, 6.45) is -3.69. The lowest BCUT2D eigenvalue weighted by Crippen LogP contribution is -2.50. The molecule has 0 radical (unpaired) electrons. The first-order chi connectivity index (χ1) is 12.3. The number of rotatable bonds is 3. The van der Waals surface area contributed by atoms with Gasteiger partial charge in [0, 0.05) is 13.1 Å². The molecule has 2 aliphatic heterocycles. The number of para-hydroxylation sites is 1. The third-order valence-corrected chi connectivity index (χ3v) is 5.34. The van der Waals surface area contributed by atoms with Crippen molar-refractivity contribution >= 4 is 23.2 Å². The molecule has 136 valence electrons. The summed E-state index contributed by atoms with van der Waals surface area (Å²) < 4.78 is 38.6. The molecule has 2 aromatic rings. The van der Waals surface area contributed by atoms with Gasteiger partial charge in [0.2, 0.25) is 5.91 Å². The third-order valence-electron chi connectivity index (χ3n) is 5.02. The molecule has 7 heteroatoms. The fraction of sp³-hybridized carbons (Fsp3) is 0.316. The van der Waals surface area contributed by atoms with Crippen molar-refractivity contribution in [2.45, 2.75) is 31.2 Å². The van der Waals surface area contributed by atoms with Gasteiger partial charge in [0.25, 0.3) is 0 Å². The Kier molecular flexibility index (Phi) is 4.20. The summed E-state index contributed by atoms with van der Waals surface area (Å²) in [5.41, 5.74) is 0.596. The van der Waals surface area contributed by atoms with Gasteiger partial charge in [0.1, 0.15) is 0 Å². The second-order valence-electron chi connectivity index (χ2n) is 6.69. The van der Waals surface area contributed by atoms with Gasteiger partial charge in [-0.3, -0.25) is 9.69 Å². The van der Waals surface area contributed by atoms with E-state index >= 15 is 0 Å². The van der Waals surface area contributed by atoms with E-state index in [-0.39, 0.29) is 18.0 Å². The van der Waals surface area contributed by atoms with Gasteiger partial charge in [-0.2, -0.15) is 13.2 Å². The summed E-state index contributed by atoms with van der Waals surface area (Å²) in [6.45, 7) is 0.949. The van der Waals surface area contributed by atoms with Crippen molar-refractivity contribution in [3.63, 3.8) is 0 Å². The Balaban J connectivity index is 1.52. The second kappa shape index (κ2) is 6.28. The van der Waals surface area contributed by atoms with E-state index in [1.807, 2.05) is 23.1 Å². The monoisotopic (exact) mass is 380 g/mol. The predicted octanol–water partition coefficient (Wildman–Crippen LogP) is 4.35. The largest absolute Gasteiger partial charge is 0.416 e. The number of hydrogen-bond acceptors (Lipinski definition) is 2. The van der Waals surface area contributed by atoms with E-state index in [0.29, 0.717) is 35.8 Å². The Morgan fingerprint density at radius 2 is 1.88 bits per heavy atom. The molecule has 0 unspecified atom stereocenters. The Labute approximate surface area is 154 Å². The summed E-state index contributed by atoms with van der Waals surface area (Å²) in [6, 6.07) is 12.2. The van der Waals surface area contributed by atoms with Crippen LogP contribution in [0.4, 0.5) is 18.9 Å². The first-order valence-electron chi connectivity index (χ1n) is 8.32. The van der Waals surface area contributed by atoms with Gasteiger partial charge in [-0.05, 0) is 30.2 Å². The first kappa shape index (κ1) is 17.4. The van der Waals surface area contributed by atoms with Crippen LogP contribution in [-0.4, -0.2) is 29.4 Å². The van der Waals surface area contributed by atoms with Crippen LogP contribution < -0.4 is 4.90 Å². The molecule has 2 aromatic carbocycles. The molecule has 4 rings (SSSR count). The van der Waals surface area contributed by atoms with Crippen LogP contribution in [0.15, 0.2) is 48.5 Å². The van der Waals surface area contributed by atoms with E-state index in [1.165, 1.54) is 6.07 Å². The topological polar surface area (TPSA) is 23.6 Å². The van der Waals surface area contributed by atoms with Crippen molar-refractivity contribution in [3.8, 4) is 0 Å². The number of piperazine rings is 1. The maximum atomic E-state index is 12.9. The van der Waals surface area contributed by atoms with E-state index in [2.05, 4.69) is 0 Å². The number of amides is 1. The van der Waals surface area contributed by atoms with Crippen molar-refractivity contribution in [2.75, 3.05) is 11.4 Å². The van der Waals surface area contributed by atoms with Crippen LogP contribution in [-0.2, 0) is 17.5 Å². The summed E-state index contributed by atoms with van der Waals surface area (Å²) >= 11 is 6.22. The number of carbonyl (C=O) groups is 1. The zero-order valence-corrected chi connectivity index (χ0v) is 14.5. The number of carbonyl (C=O) groups excluding carboxylic acids is 1. The number of benzene rings is 2.